The van der Waals surface area contributed by atoms with E-state index in [9.17, 15) is 5.11 Å². The molecule has 1 aliphatic heterocycles. The molecule has 6 N–H and O–H groups in total. The number of aliphatic hydroxyl groups excluding tert-OH is 4. The van der Waals surface area contributed by atoms with Crippen molar-refractivity contribution in [1.29, 1.82) is 0 Å². The van der Waals surface area contributed by atoms with Gasteiger partial charge in [-0.05, 0) is 0 Å². The Morgan fingerprint density at radius 3 is 2.08 bits per heavy atom. The van der Waals surface area contributed by atoms with Crippen molar-refractivity contribution in [2.24, 2.45) is 5.73 Å². The summed E-state index contributed by atoms with van der Waals surface area (Å²) in [6.45, 7) is -0.0258. The van der Waals surface area contributed by atoms with Gasteiger partial charge in [0.05, 0.1) is 0 Å². The molecular weight excluding hydrogens is 166 g/mol. The van der Waals surface area contributed by atoms with Crippen LogP contribution in [0, 0.1) is 0 Å². The van der Waals surface area contributed by atoms with Gasteiger partial charge in [0.1, 0.15) is 24.4 Å². The number of nitrogens with two attached hydrogens (primary N) is 1. The predicted octanol–water partition coefficient (Wildman–Crippen LogP) is -3.25. The Morgan fingerprint density at radius 1 is 1.00 bits per heavy atom. The standard InChI is InChI=1S/C6H13NO5/c7-1-2-3(8)4(9)5(10)6(11)12-2/h2-6,8-11H,1,7H2/t2-,3+,4-,5-,6+/m1/s1. The summed E-state index contributed by atoms with van der Waals surface area (Å²) in [6.07, 6.45) is -6.48. The second-order valence-corrected chi connectivity index (χ2v) is 2.77. The Balaban J connectivity index is 2.63. The summed E-state index contributed by atoms with van der Waals surface area (Å²) in [7, 11) is 0. The van der Waals surface area contributed by atoms with Crippen LogP contribution in [-0.2, 0) is 4.74 Å². The van der Waals surface area contributed by atoms with Crippen LogP contribution in [-0.4, -0.2) is 57.7 Å². The van der Waals surface area contributed by atoms with Gasteiger partial charge in [0, 0.05) is 6.54 Å². The second kappa shape index (κ2) is 3.65. The van der Waals surface area contributed by atoms with Gasteiger partial charge < -0.3 is 30.9 Å². The number of hydrogen-bond acceptors (Lipinski definition) is 6. The van der Waals surface area contributed by atoms with Crippen molar-refractivity contribution in [3.63, 3.8) is 0 Å². The van der Waals surface area contributed by atoms with E-state index >= 15 is 0 Å². The van der Waals surface area contributed by atoms with Crippen LogP contribution in [0.1, 0.15) is 0 Å². The van der Waals surface area contributed by atoms with Crippen LogP contribution in [0.4, 0.5) is 0 Å². The maximum atomic E-state index is 9.20. The van der Waals surface area contributed by atoms with Gasteiger partial charge in [-0.3, -0.25) is 0 Å². The van der Waals surface area contributed by atoms with Crippen molar-refractivity contribution < 1.29 is 25.2 Å². The summed E-state index contributed by atoms with van der Waals surface area (Å²) in [4.78, 5) is 0. The van der Waals surface area contributed by atoms with Crippen LogP contribution < -0.4 is 5.73 Å². The van der Waals surface area contributed by atoms with Crippen molar-refractivity contribution in [2.45, 2.75) is 30.7 Å². The van der Waals surface area contributed by atoms with Gasteiger partial charge in [-0.15, -0.1) is 0 Å². The highest BCUT2D eigenvalue weighted by atomic mass is 16.6. The summed E-state index contributed by atoms with van der Waals surface area (Å²) >= 11 is 0. The van der Waals surface area contributed by atoms with Crippen LogP contribution in [0.25, 0.3) is 0 Å². The van der Waals surface area contributed by atoms with Gasteiger partial charge in [0.2, 0.25) is 0 Å². The van der Waals surface area contributed by atoms with E-state index in [-0.39, 0.29) is 6.54 Å². The molecule has 6 nitrogen and oxygen atoms in total. The smallest absolute Gasteiger partial charge is 0.184 e. The van der Waals surface area contributed by atoms with E-state index in [1.54, 1.807) is 0 Å². The van der Waals surface area contributed by atoms with E-state index in [0.29, 0.717) is 0 Å². The summed E-state index contributed by atoms with van der Waals surface area (Å²) < 4.78 is 4.70. The van der Waals surface area contributed by atoms with E-state index < -0.39 is 30.7 Å². The maximum absolute atomic E-state index is 9.20. The lowest BCUT2D eigenvalue weighted by atomic mass is 9.99. The molecule has 0 bridgehead atoms. The molecular formula is C6H13NO5. The van der Waals surface area contributed by atoms with Crippen LogP contribution >= 0.6 is 0 Å². The van der Waals surface area contributed by atoms with Gasteiger partial charge in [0.25, 0.3) is 0 Å². The van der Waals surface area contributed by atoms with Gasteiger partial charge >= 0.3 is 0 Å². The average molecular weight is 179 g/mol. The van der Waals surface area contributed by atoms with Crippen LogP contribution in [0.3, 0.4) is 0 Å². The fourth-order valence-electron chi connectivity index (χ4n) is 1.13. The minimum absolute atomic E-state index is 0.0258. The monoisotopic (exact) mass is 179 g/mol. The molecule has 6 heteroatoms. The molecule has 1 fully saturated rings. The lowest BCUT2D eigenvalue weighted by Crippen LogP contribution is -2.59. The van der Waals surface area contributed by atoms with E-state index in [0.717, 1.165) is 0 Å². The molecule has 5 atom stereocenters. The molecule has 0 aromatic rings. The number of rotatable bonds is 1. The first-order chi connectivity index (χ1) is 5.57. The third-order valence-electron chi connectivity index (χ3n) is 1.92. The molecule has 0 saturated carbocycles. The number of hydrogen-bond donors (Lipinski definition) is 5. The van der Waals surface area contributed by atoms with Gasteiger partial charge in [-0.2, -0.15) is 0 Å². The predicted molar refractivity (Wildman–Crippen MR) is 38.0 cm³/mol. The van der Waals surface area contributed by atoms with Gasteiger partial charge in [0.15, 0.2) is 6.29 Å². The van der Waals surface area contributed by atoms with Crippen LogP contribution in [0.5, 0.6) is 0 Å². The van der Waals surface area contributed by atoms with Crippen molar-refractivity contribution >= 4 is 0 Å². The molecule has 72 valence electrons. The third kappa shape index (κ3) is 1.58. The van der Waals surface area contributed by atoms with Crippen molar-refractivity contribution in [1.82, 2.24) is 0 Å². The normalized spacial score (nSPS) is 49.2. The van der Waals surface area contributed by atoms with Crippen molar-refractivity contribution in [3.05, 3.63) is 0 Å². The second-order valence-electron chi connectivity index (χ2n) is 2.77. The van der Waals surface area contributed by atoms with E-state index in [1.807, 2.05) is 0 Å². The van der Waals surface area contributed by atoms with E-state index in [1.165, 1.54) is 0 Å². The molecule has 0 aromatic carbocycles. The number of ether oxygens (including phenoxy) is 1. The summed E-state index contributed by atoms with van der Waals surface area (Å²) in [5, 5.41) is 36.3. The maximum Gasteiger partial charge on any atom is 0.184 e. The Hall–Kier alpha value is -0.240. The molecule has 0 spiro atoms. The van der Waals surface area contributed by atoms with E-state index in [4.69, 9.17) is 25.8 Å². The lowest BCUT2D eigenvalue weighted by Gasteiger charge is -2.37. The topological polar surface area (TPSA) is 116 Å². The van der Waals surface area contributed by atoms with Crippen molar-refractivity contribution in [2.75, 3.05) is 6.54 Å². The molecule has 0 amide bonds. The Bertz CT molecular complexity index is 150. The highest BCUT2D eigenvalue weighted by Gasteiger charge is 2.42. The Morgan fingerprint density at radius 2 is 1.58 bits per heavy atom. The molecule has 1 aliphatic rings. The first-order valence-corrected chi connectivity index (χ1v) is 3.65. The lowest BCUT2D eigenvalue weighted by molar-refractivity contribution is -0.279. The average Bonchev–Trinajstić information content (AvgIpc) is 2.08. The Labute approximate surface area is 69.2 Å². The van der Waals surface area contributed by atoms with E-state index in [2.05, 4.69) is 0 Å². The fraction of sp³-hybridized carbons (Fsp3) is 1.00. The first kappa shape index (κ1) is 9.85. The van der Waals surface area contributed by atoms with Crippen molar-refractivity contribution in [3.8, 4) is 0 Å². The quantitative estimate of drug-likeness (QED) is 0.288. The van der Waals surface area contributed by atoms with Crippen LogP contribution in [0.2, 0.25) is 0 Å². The zero-order valence-electron chi connectivity index (χ0n) is 6.37. The van der Waals surface area contributed by atoms with Crippen LogP contribution in [0.15, 0.2) is 0 Å². The van der Waals surface area contributed by atoms with Gasteiger partial charge in [-0.25, -0.2) is 0 Å². The largest absolute Gasteiger partial charge is 0.388 e. The molecule has 1 heterocycles. The zero-order valence-corrected chi connectivity index (χ0v) is 6.37. The molecule has 0 aliphatic carbocycles. The molecule has 1 rings (SSSR count). The molecule has 0 radical (unpaired) electrons. The molecule has 0 unspecified atom stereocenters. The number of aliphatic hydroxyl groups is 4. The zero-order chi connectivity index (χ0) is 9.30. The van der Waals surface area contributed by atoms with Gasteiger partial charge in [-0.1, -0.05) is 0 Å². The third-order valence-corrected chi connectivity index (χ3v) is 1.92. The summed E-state index contributed by atoms with van der Waals surface area (Å²) in [5.74, 6) is 0. The minimum Gasteiger partial charge on any atom is -0.388 e. The highest BCUT2D eigenvalue weighted by molar-refractivity contribution is 4.88. The summed E-state index contributed by atoms with van der Waals surface area (Å²) in [6, 6.07) is 0. The fourth-order valence-corrected chi connectivity index (χ4v) is 1.13. The summed E-state index contributed by atoms with van der Waals surface area (Å²) in [5.41, 5.74) is 5.17. The minimum atomic E-state index is -1.49. The Kier molecular flexibility index (Phi) is 2.99. The molecule has 12 heavy (non-hydrogen) atoms. The molecule has 1 saturated heterocycles. The SMILES string of the molecule is NC[C@H]1O[C@H](O)[C@H](O)[C@H](O)[C@H]1O. The molecule has 0 aromatic heterocycles. The first-order valence-electron chi connectivity index (χ1n) is 3.65. The highest BCUT2D eigenvalue weighted by Crippen LogP contribution is 2.18.